The van der Waals surface area contributed by atoms with Crippen LogP contribution in [-0.4, -0.2) is 28.0 Å². The first kappa shape index (κ1) is 13.8. The number of aryl methyl sites for hydroxylation is 2. The molecule has 21 heavy (non-hydrogen) atoms. The maximum absolute atomic E-state index is 4.55. The molecule has 1 saturated heterocycles. The maximum Gasteiger partial charge on any atom is 0.223 e. The van der Waals surface area contributed by atoms with Crippen LogP contribution < -0.4 is 10.2 Å². The Balaban J connectivity index is 1.62. The van der Waals surface area contributed by atoms with E-state index in [-0.39, 0.29) is 0 Å². The maximum atomic E-state index is 4.55. The predicted octanol–water partition coefficient (Wildman–Crippen LogP) is 2.70. The molecular weight excluding hydrogens is 262 g/mol. The zero-order valence-electron chi connectivity index (χ0n) is 12.6. The minimum atomic E-state index is 0.677. The van der Waals surface area contributed by atoms with Gasteiger partial charge in [-0.3, -0.25) is 0 Å². The van der Waals surface area contributed by atoms with Gasteiger partial charge in [-0.15, -0.1) is 0 Å². The molecule has 2 aromatic rings. The van der Waals surface area contributed by atoms with E-state index in [0.717, 1.165) is 35.9 Å². The van der Waals surface area contributed by atoms with Crippen molar-refractivity contribution >= 4 is 11.8 Å². The third kappa shape index (κ3) is 3.48. The number of anilines is 2. The lowest BCUT2D eigenvalue weighted by molar-refractivity contribution is 0.930. The van der Waals surface area contributed by atoms with Gasteiger partial charge in [-0.2, -0.15) is 0 Å². The fourth-order valence-electron chi connectivity index (χ4n) is 2.64. The van der Waals surface area contributed by atoms with Crippen molar-refractivity contribution < 1.29 is 0 Å². The lowest BCUT2D eigenvalue weighted by Gasteiger charge is -2.16. The van der Waals surface area contributed by atoms with Crippen LogP contribution in [0.2, 0.25) is 0 Å². The van der Waals surface area contributed by atoms with E-state index in [1.54, 1.807) is 0 Å². The number of hydrogen-bond acceptors (Lipinski definition) is 5. The summed E-state index contributed by atoms with van der Waals surface area (Å²) in [6.07, 6.45) is 4.48. The van der Waals surface area contributed by atoms with Gasteiger partial charge in [0.1, 0.15) is 5.82 Å². The monoisotopic (exact) mass is 283 g/mol. The minimum absolute atomic E-state index is 0.677. The Morgan fingerprint density at radius 3 is 2.43 bits per heavy atom. The SMILES string of the molecule is Cc1cc(C)nc(NCc2ccc(N3CCCC3)nc2)n1. The third-order valence-corrected chi connectivity index (χ3v) is 3.67. The normalized spacial score (nSPS) is 14.5. The quantitative estimate of drug-likeness (QED) is 0.935. The van der Waals surface area contributed by atoms with Gasteiger partial charge < -0.3 is 10.2 Å². The van der Waals surface area contributed by atoms with Crippen LogP contribution in [0.25, 0.3) is 0 Å². The smallest absolute Gasteiger partial charge is 0.223 e. The van der Waals surface area contributed by atoms with Crippen LogP contribution in [0, 0.1) is 13.8 Å². The highest BCUT2D eigenvalue weighted by Crippen LogP contribution is 2.17. The van der Waals surface area contributed by atoms with Crippen LogP contribution in [0.4, 0.5) is 11.8 Å². The standard InChI is InChI=1S/C16H21N5/c1-12-9-13(2)20-16(19-12)18-11-14-5-6-15(17-10-14)21-7-3-4-8-21/h5-6,9-10H,3-4,7-8,11H2,1-2H3,(H,18,19,20). The van der Waals surface area contributed by atoms with Crippen molar-refractivity contribution in [3.05, 3.63) is 41.3 Å². The highest BCUT2D eigenvalue weighted by molar-refractivity contribution is 5.40. The molecule has 3 heterocycles. The second-order valence-corrected chi connectivity index (χ2v) is 5.55. The molecule has 5 heteroatoms. The second-order valence-electron chi connectivity index (χ2n) is 5.55. The lowest BCUT2D eigenvalue weighted by Crippen LogP contribution is -2.18. The van der Waals surface area contributed by atoms with Crippen molar-refractivity contribution in [2.24, 2.45) is 0 Å². The molecule has 0 bridgehead atoms. The molecule has 0 radical (unpaired) electrons. The zero-order chi connectivity index (χ0) is 14.7. The van der Waals surface area contributed by atoms with Crippen molar-refractivity contribution in [3.63, 3.8) is 0 Å². The Morgan fingerprint density at radius 2 is 1.81 bits per heavy atom. The fourth-order valence-corrected chi connectivity index (χ4v) is 2.64. The molecule has 1 aliphatic heterocycles. The first-order valence-corrected chi connectivity index (χ1v) is 7.47. The molecule has 110 valence electrons. The first-order valence-electron chi connectivity index (χ1n) is 7.47. The molecule has 0 aliphatic carbocycles. The largest absolute Gasteiger partial charge is 0.357 e. The number of nitrogens with zero attached hydrogens (tertiary/aromatic N) is 4. The molecule has 5 nitrogen and oxygen atoms in total. The average Bonchev–Trinajstić information content (AvgIpc) is 2.99. The fraction of sp³-hybridized carbons (Fsp3) is 0.438. The molecule has 0 spiro atoms. The van der Waals surface area contributed by atoms with Crippen LogP contribution in [0.1, 0.15) is 29.8 Å². The van der Waals surface area contributed by atoms with E-state index in [0.29, 0.717) is 12.5 Å². The molecule has 1 N–H and O–H groups in total. The first-order chi connectivity index (χ1) is 10.2. The number of nitrogens with one attached hydrogen (secondary N) is 1. The van der Waals surface area contributed by atoms with E-state index >= 15 is 0 Å². The molecular formula is C16H21N5. The van der Waals surface area contributed by atoms with Gasteiger partial charge in [0, 0.05) is 37.2 Å². The second kappa shape index (κ2) is 6.08. The summed E-state index contributed by atoms with van der Waals surface area (Å²) in [4.78, 5) is 15.6. The summed E-state index contributed by atoms with van der Waals surface area (Å²) in [5.41, 5.74) is 3.10. The van der Waals surface area contributed by atoms with Crippen molar-refractivity contribution in [3.8, 4) is 0 Å². The molecule has 3 rings (SSSR count). The minimum Gasteiger partial charge on any atom is -0.357 e. The van der Waals surface area contributed by atoms with Gasteiger partial charge in [0.05, 0.1) is 0 Å². The molecule has 0 saturated carbocycles. The summed E-state index contributed by atoms with van der Waals surface area (Å²) >= 11 is 0. The van der Waals surface area contributed by atoms with E-state index in [1.807, 2.05) is 26.1 Å². The summed E-state index contributed by atoms with van der Waals surface area (Å²) in [5, 5.41) is 3.26. The summed E-state index contributed by atoms with van der Waals surface area (Å²) in [6, 6.07) is 6.19. The Bertz CT molecular complexity index is 582. The highest BCUT2D eigenvalue weighted by Gasteiger charge is 2.12. The average molecular weight is 283 g/mol. The Hall–Kier alpha value is -2.17. The Morgan fingerprint density at radius 1 is 1.10 bits per heavy atom. The zero-order valence-corrected chi connectivity index (χ0v) is 12.6. The molecule has 0 aromatic carbocycles. The van der Waals surface area contributed by atoms with Crippen LogP contribution in [0.3, 0.4) is 0 Å². The van der Waals surface area contributed by atoms with E-state index in [1.165, 1.54) is 12.8 Å². The van der Waals surface area contributed by atoms with Gasteiger partial charge in [0.25, 0.3) is 0 Å². The summed E-state index contributed by atoms with van der Waals surface area (Å²) in [5.74, 6) is 1.76. The third-order valence-electron chi connectivity index (χ3n) is 3.67. The van der Waals surface area contributed by atoms with Gasteiger partial charge in [0.15, 0.2) is 0 Å². The van der Waals surface area contributed by atoms with Crippen molar-refractivity contribution in [2.45, 2.75) is 33.2 Å². The van der Waals surface area contributed by atoms with Gasteiger partial charge >= 0.3 is 0 Å². The topological polar surface area (TPSA) is 53.9 Å². The van der Waals surface area contributed by atoms with Crippen LogP contribution in [0.15, 0.2) is 24.4 Å². The summed E-state index contributed by atoms with van der Waals surface area (Å²) < 4.78 is 0. The molecule has 0 atom stereocenters. The van der Waals surface area contributed by atoms with Crippen molar-refractivity contribution in [1.29, 1.82) is 0 Å². The number of rotatable bonds is 4. The molecule has 0 amide bonds. The van der Waals surface area contributed by atoms with Crippen molar-refractivity contribution in [2.75, 3.05) is 23.3 Å². The number of pyridine rings is 1. The lowest BCUT2D eigenvalue weighted by atomic mass is 10.3. The van der Waals surface area contributed by atoms with Gasteiger partial charge in [-0.25, -0.2) is 15.0 Å². The summed E-state index contributed by atoms with van der Waals surface area (Å²) in [6.45, 7) is 6.90. The van der Waals surface area contributed by atoms with E-state index in [4.69, 9.17) is 0 Å². The van der Waals surface area contributed by atoms with Gasteiger partial charge in [0.2, 0.25) is 5.95 Å². The van der Waals surface area contributed by atoms with Crippen LogP contribution >= 0.6 is 0 Å². The van der Waals surface area contributed by atoms with Crippen molar-refractivity contribution in [1.82, 2.24) is 15.0 Å². The van der Waals surface area contributed by atoms with Gasteiger partial charge in [-0.05, 0) is 44.4 Å². The van der Waals surface area contributed by atoms with E-state index in [2.05, 4.69) is 37.3 Å². The Kier molecular flexibility index (Phi) is 3.99. The highest BCUT2D eigenvalue weighted by atomic mass is 15.2. The van der Waals surface area contributed by atoms with Crippen LogP contribution in [-0.2, 0) is 6.54 Å². The van der Waals surface area contributed by atoms with Crippen LogP contribution in [0.5, 0.6) is 0 Å². The molecule has 1 aliphatic rings. The number of aromatic nitrogens is 3. The van der Waals surface area contributed by atoms with E-state index < -0.39 is 0 Å². The molecule has 2 aromatic heterocycles. The Labute approximate surface area is 125 Å². The number of hydrogen-bond donors (Lipinski definition) is 1. The van der Waals surface area contributed by atoms with E-state index in [9.17, 15) is 0 Å². The predicted molar refractivity (Wildman–Crippen MR) is 84.5 cm³/mol. The van der Waals surface area contributed by atoms with Gasteiger partial charge in [-0.1, -0.05) is 6.07 Å². The molecule has 0 unspecified atom stereocenters. The molecule has 1 fully saturated rings. The summed E-state index contributed by atoms with van der Waals surface area (Å²) in [7, 11) is 0.